The monoisotopic (exact) mass is 315 g/mol. The van der Waals surface area contributed by atoms with Gasteiger partial charge in [-0.2, -0.15) is 0 Å². The Bertz CT molecular complexity index is 382. The van der Waals surface area contributed by atoms with Gasteiger partial charge < -0.3 is 21.1 Å². The third kappa shape index (κ3) is 5.24. The molecule has 0 aromatic heterocycles. The maximum absolute atomic E-state index is 12.4. The van der Waals surface area contributed by atoms with Crippen molar-refractivity contribution >= 4 is 29.0 Å². The fourth-order valence-electron chi connectivity index (χ4n) is 2.58. The predicted molar refractivity (Wildman–Crippen MR) is 84.8 cm³/mol. The van der Waals surface area contributed by atoms with Crippen molar-refractivity contribution in [3.05, 3.63) is 0 Å². The quantitative estimate of drug-likeness (QED) is 0.448. The minimum atomic E-state index is -0.722. The number of ether oxygens (including phenoxy) is 1. The van der Waals surface area contributed by atoms with Crippen LogP contribution in [0.3, 0.4) is 0 Å². The Balaban J connectivity index is 2.37. The van der Waals surface area contributed by atoms with Crippen molar-refractivity contribution in [3.63, 3.8) is 0 Å². The van der Waals surface area contributed by atoms with E-state index >= 15 is 0 Å². The Morgan fingerprint density at radius 2 is 1.86 bits per heavy atom. The van der Waals surface area contributed by atoms with Gasteiger partial charge in [-0.25, -0.2) is 0 Å². The number of hydrogen-bond acceptors (Lipinski definition) is 4. The Labute approximate surface area is 131 Å². The normalized spacial score (nSPS) is 17.0. The van der Waals surface area contributed by atoms with Crippen molar-refractivity contribution in [1.29, 1.82) is 0 Å². The lowest BCUT2D eigenvalue weighted by molar-refractivity contribution is -0.129. The Morgan fingerprint density at radius 1 is 1.19 bits per heavy atom. The molecule has 4 N–H and O–H groups in total. The lowest BCUT2D eigenvalue weighted by Crippen LogP contribution is -2.50. The third-order valence-corrected chi connectivity index (χ3v) is 4.27. The van der Waals surface area contributed by atoms with Gasteiger partial charge in [-0.15, -0.1) is 0 Å². The summed E-state index contributed by atoms with van der Waals surface area (Å²) in [5, 5.41) is 5.50. The van der Waals surface area contributed by atoms with Crippen molar-refractivity contribution in [2.75, 3.05) is 26.8 Å². The second-order valence-electron chi connectivity index (χ2n) is 5.36. The maximum Gasteiger partial charge on any atom is 0.233 e. The first-order chi connectivity index (χ1) is 10.0. The van der Waals surface area contributed by atoms with Crippen LogP contribution in [0.2, 0.25) is 0 Å². The van der Waals surface area contributed by atoms with E-state index in [1.807, 2.05) is 0 Å². The molecule has 1 aliphatic rings. The van der Waals surface area contributed by atoms with Gasteiger partial charge in [-0.3, -0.25) is 9.59 Å². The zero-order chi connectivity index (χ0) is 15.7. The maximum atomic E-state index is 12.4. The molecule has 7 heteroatoms. The van der Waals surface area contributed by atoms with Crippen LogP contribution in [0.5, 0.6) is 0 Å². The molecule has 0 aromatic rings. The van der Waals surface area contributed by atoms with E-state index in [2.05, 4.69) is 10.6 Å². The molecule has 120 valence electrons. The molecule has 0 saturated heterocycles. The number of rotatable bonds is 8. The Hall–Kier alpha value is -1.21. The van der Waals surface area contributed by atoms with Crippen LogP contribution in [0.25, 0.3) is 0 Å². The summed E-state index contributed by atoms with van der Waals surface area (Å²) in [6.07, 6.45) is 4.68. The molecule has 0 aromatic carbocycles. The van der Waals surface area contributed by atoms with E-state index < -0.39 is 5.41 Å². The summed E-state index contributed by atoms with van der Waals surface area (Å²) in [6, 6.07) is 0. The molecule has 0 unspecified atom stereocenters. The minimum absolute atomic E-state index is 0.111. The third-order valence-electron chi connectivity index (χ3n) is 3.88. The van der Waals surface area contributed by atoms with Gasteiger partial charge in [0.25, 0.3) is 0 Å². The fourth-order valence-corrected chi connectivity index (χ4v) is 2.88. The number of nitrogens with two attached hydrogens (primary N) is 1. The Kier molecular flexibility index (Phi) is 7.60. The average molecular weight is 315 g/mol. The van der Waals surface area contributed by atoms with Gasteiger partial charge in [0.2, 0.25) is 11.8 Å². The molecule has 0 heterocycles. The molecule has 1 rings (SSSR count). The molecule has 0 bridgehead atoms. The van der Waals surface area contributed by atoms with E-state index in [0.29, 0.717) is 32.5 Å². The highest BCUT2D eigenvalue weighted by Gasteiger charge is 2.42. The van der Waals surface area contributed by atoms with E-state index in [4.69, 9.17) is 22.7 Å². The zero-order valence-electron chi connectivity index (χ0n) is 12.6. The standard InChI is InChI=1S/C14H25N3O3S/c1-20-10-9-16-11(18)5-8-17-13(19)14(12(15)21)6-3-2-4-7-14/h2-10H2,1H3,(H2,15,21)(H,16,18)(H,17,19). The summed E-state index contributed by atoms with van der Waals surface area (Å²) in [4.78, 5) is 24.2. The first-order valence-corrected chi connectivity index (χ1v) is 7.77. The van der Waals surface area contributed by atoms with E-state index in [1.165, 1.54) is 0 Å². The van der Waals surface area contributed by atoms with Crippen molar-refractivity contribution in [3.8, 4) is 0 Å². The predicted octanol–water partition coefficient (Wildman–Crippen LogP) is 0.492. The molecule has 0 spiro atoms. The summed E-state index contributed by atoms with van der Waals surface area (Å²) in [5.41, 5.74) is 5.07. The fraction of sp³-hybridized carbons (Fsp3) is 0.786. The smallest absolute Gasteiger partial charge is 0.233 e. The first-order valence-electron chi connectivity index (χ1n) is 7.37. The highest BCUT2D eigenvalue weighted by Crippen LogP contribution is 2.36. The van der Waals surface area contributed by atoms with Crippen molar-refractivity contribution in [2.24, 2.45) is 11.1 Å². The lowest BCUT2D eigenvalue weighted by Gasteiger charge is -2.34. The lowest BCUT2D eigenvalue weighted by atomic mass is 9.73. The van der Waals surface area contributed by atoms with E-state index in [0.717, 1.165) is 19.3 Å². The van der Waals surface area contributed by atoms with E-state index in [-0.39, 0.29) is 23.2 Å². The highest BCUT2D eigenvalue weighted by molar-refractivity contribution is 7.80. The van der Waals surface area contributed by atoms with Crippen molar-refractivity contribution in [2.45, 2.75) is 38.5 Å². The van der Waals surface area contributed by atoms with Crippen LogP contribution >= 0.6 is 12.2 Å². The highest BCUT2D eigenvalue weighted by atomic mass is 32.1. The number of methoxy groups -OCH3 is 1. The summed E-state index contributed by atoms with van der Waals surface area (Å²) in [5.74, 6) is -0.250. The Morgan fingerprint density at radius 3 is 2.43 bits per heavy atom. The van der Waals surface area contributed by atoms with E-state index in [9.17, 15) is 9.59 Å². The second kappa shape index (κ2) is 8.94. The summed E-state index contributed by atoms with van der Waals surface area (Å²) >= 11 is 5.10. The summed E-state index contributed by atoms with van der Waals surface area (Å²) < 4.78 is 4.84. The van der Waals surface area contributed by atoms with Crippen LogP contribution in [-0.2, 0) is 14.3 Å². The van der Waals surface area contributed by atoms with Crippen molar-refractivity contribution < 1.29 is 14.3 Å². The molecular weight excluding hydrogens is 290 g/mol. The number of thiocarbonyl (C=S) groups is 1. The van der Waals surface area contributed by atoms with Crippen LogP contribution in [0, 0.1) is 5.41 Å². The van der Waals surface area contributed by atoms with Crippen LogP contribution in [0.4, 0.5) is 0 Å². The number of nitrogens with one attached hydrogen (secondary N) is 2. The van der Waals surface area contributed by atoms with Crippen LogP contribution in [0.15, 0.2) is 0 Å². The average Bonchev–Trinajstić information content (AvgIpc) is 2.48. The molecular formula is C14H25N3O3S. The SMILES string of the molecule is COCCNC(=O)CCNC(=O)C1(C(N)=S)CCCCC1. The molecule has 2 amide bonds. The molecule has 1 aliphatic carbocycles. The van der Waals surface area contributed by atoms with Crippen LogP contribution < -0.4 is 16.4 Å². The number of carbonyl (C=O) groups is 2. The van der Waals surface area contributed by atoms with Crippen LogP contribution in [-0.4, -0.2) is 43.6 Å². The minimum Gasteiger partial charge on any atom is -0.392 e. The van der Waals surface area contributed by atoms with E-state index in [1.54, 1.807) is 7.11 Å². The zero-order valence-corrected chi connectivity index (χ0v) is 13.4. The van der Waals surface area contributed by atoms with Gasteiger partial charge in [0, 0.05) is 26.6 Å². The summed E-state index contributed by atoms with van der Waals surface area (Å²) in [7, 11) is 1.58. The van der Waals surface area contributed by atoms with Gasteiger partial charge >= 0.3 is 0 Å². The first kappa shape index (κ1) is 17.8. The number of carbonyl (C=O) groups excluding carboxylic acids is 2. The summed E-state index contributed by atoms with van der Waals surface area (Å²) in [6.45, 7) is 1.24. The molecule has 1 saturated carbocycles. The van der Waals surface area contributed by atoms with Gasteiger partial charge in [-0.1, -0.05) is 31.5 Å². The van der Waals surface area contributed by atoms with Crippen molar-refractivity contribution in [1.82, 2.24) is 10.6 Å². The molecule has 0 aliphatic heterocycles. The molecule has 0 radical (unpaired) electrons. The number of hydrogen-bond donors (Lipinski definition) is 3. The molecule has 1 fully saturated rings. The van der Waals surface area contributed by atoms with Gasteiger partial charge in [0.1, 0.15) is 0 Å². The van der Waals surface area contributed by atoms with Gasteiger partial charge in [-0.05, 0) is 12.8 Å². The molecule has 0 atom stereocenters. The largest absolute Gasteiger partial charge is 0.392 e. The molecule has 21 heavy (non-hydrogen) atoms. The molecule has 6 nitrogen and oxygen atoms in total. The van der Waals surface area contributed by atoms with Crippen LogP contribution in [0.1, 0.15) is 38.5 Å². The second-order valence-corrected chi connectivity index (χ2v) is 5.80. The van der Waals surface area contributed by atoms with Gasteiger partial charge in [0.05, 0.1) is 17.0 Å². The van der Waals surface area contributed by atoms with Gasteiger partial charge in [0.15, 0.2) is 0 Å². The topological polar surface area (TPSA) is 93.5 Å². The number of amides is 2.